The lowest BCUT2D eigenvalue weighted by Crippen LogP contribution is -2.50. The first-order valence-electron chi connectivity index (χ1n) is 13.0. The van der Waals surface area contributed by atoms with Gasteiger partial charge in [-0.05, 0) is 41.6 Å². The molecule has 1 N–H and O–H groups in total. The van der Waals surface area contributed by atoms with Gasteiger partial charge in [0, 0.05) is 56.1 Å². The second-order valence-corrected chi connectivity index (χ2v) is 9.70. The normalized spacial score (nSPS) is 14.8. The van der Waals surface area contributed by atoms with Crippen LogP contribution in [-0.4, -0.2) is 78.0 Å². The summed E-state index contributed by atoms with van der Waals surface area (Å²) in [5.74, 6) is -0.0234. The summed E-state index contributed by atoms with van der Waals surface area (Å²) >= 11 is 0. The van der Waals surface area contributed by atoms with Crippen molar-refractivity contribution in [1.29, 1.82) is 0 Å². The minimum Gasteiger partial charge on any atom is -0.436 e. The smallest absolute Gasteiger partial charge is 0.272 e. The van der Waals surface area contributed by atoms with Crippen LogP contribution in [0, 0.1) is 5.82 Å². The van der Waals surface area contributed by atoms with Gasteiger partial charge in [-0.25, -0.2) is 9.37 Å². The van der Waals surface area contributed by atoms with Crippen LogP contribution in [0.3, 0.4) is 0 Å². The number of hydrogen-bond donors (Lipinski definition) is 1. The molecule has 2 amide bonds. The molecule has 4 heterocycles. The Labute approximate surface area is 233 Å². The fourth-order valence-corrected chi connectivity index (χ4v) is 4.96. The third-order valence-electron chi connectivity index (χ3n) is 6.87. The van der Waals surface area contributed by atoms with E-state index in [0.29, 0.717) is 65.8 Å². The number of nitrogens with one attached hydrogen (secondary N) is 1. The number of benzene rings is 2. The maximum absolute atomic E-state index is 14.8. The molecule has 1 aliphatic rings. The SMILES string of the molecule is CC(=O)Nc1ccc2oc(-c3ccnc(C(=O)N4CCN([C@H](c5nnn(C)n5)c5ccccc5F)CC4)c3)nc2c1. The zero-order chi connectivity index (χ0) is 28.5. The van der Waals surface area contributed by atoms with E-state index in [9.17, 15) is 14.0 Å². The summed E-state index contributed by atoms with van der Waals surface area (Å²) in [4.78, 5) is 38.8. The molecule has 1 aliphatic heterocycles. The molecule has 0 saturated carbocycles. The number of rotatable bonds is 6. The number of oxazole rings is 1. The summed E-state index contributed by atoms with van der Waals surface area (Å²) in [7, 11) is 1.66. The van der Waals surface area contributed by atoms with E-state index in [0.717, 1.165) is 0 Å². The summed E-state index contributed by atoms with van der Waals surface area (Å²) in [6.07, 6.45) is 1.55. The van der Waals surface area contributed by atoms with E-state index < -0.39 is 6.04 Å². The van der Waals surface area contributed by atoms with Crippen LogP contribution in [0.5, 0.6) is 0 Å². The van der Waals surface area contributed by atoms with Gasteiger partial charge in [-0.2, -0.15) is 4.80 Å². The largest absolute Gasteiger partial charge is 0.436 e. The molecular formula is C28H26FN9O3. The van der Waals surface area contributed by atoms with Crippen molar-refractivity contribution >= 4 is 28.6 Å². The maximum atomic E-state index is 14.8. The van der Waals surface area contributed by atoms with Crippen molar-refractivity contribution in [3.8, 4) is 11.5 Å². The van der Waals surface area contributed by atoms with Crippen molar-refractivity contribution in [2.45, 2.75) is 13.0 Å². The number of tetrazole rings is 1. The van der Waals surface area contributed by atoms with Gasteiger partial charge < -0.3 is 14.6 Å². The standard InChI is InChI=1S/C28H26FN9O3/c1-17(39)31-19-7-8-24-22(16-19)32-27(41-24)18-9-10-30-23(15-18)28(40)38-13-11-37(12-14-38)25(26-33-35-36(2)34-26)20-5-3-4-6-21(20)29/h3-10,15-16,25H,11-14H2,1-2H3,(H,31,39)/t25-/m0/s1. The van der Waals surface area contributed by atoms with Crippen molar-refractivity contribution < 1.29 is 18.4 Å². The highest BCUT2D eigenvalue weighted by molar-refractivity contribution is 5.94. The van der Waals surface area contributed by atoms with Crippen LogP contribution >= 0.6 is 0 Å². The highest BCUT2D eigenvalue weighted by Gasteiger charge is 2.33. The number of anilines is 1. The third-order valence-corrected chi connectivity index (χ3v) is 6.87. The molecule has 2 aromatic carbocycles. The molecule has 3 aromatic heterocycles. The van der Waals surface area contributed by atoms with Crippen LogP contribution in [0.4, 0.5) is 10.1 Å². The zero-order valence-electron chi connectivity index (χ0n) is 22.4. The summed E-state index contributed by atoms with van der Waals surface area (Å²) in [6.45, 7) is 3.20. The molecule has 5 aromatic rings. The third kappa shape index (κ3) is 5.39. The number of piperazine rings is 1. The Morgan fingerprint density at radius 3 is 2.59 bits per heavy atom. The quantitative estimate of drug-likeness (QED) is 0.335. The lowest BCUT2D eigenvalue weighted by molar-refractivity contribution is -0.114. The lowest BCUT2D eigenvalue weighted by Gasteiger charge is -2.38. The first-order valence-corrected chi connectivity index (χ1v) is 13.0. The Bertz CT molecular complexity index is 1740. The number of pyridine rings is 1. The van der Waals surface area contributed by atoms with Crippen LogP contribution in [-0.2, 0) is 11.8 Å². The van der Waals surface area contributed by atoms with E-state index in [1.807, 2.05) is 0 Å². The maximum Gasteiger partial charge on any atom is 0.272 e. The molecule has 6 rings (SSSR count). The topological polar surface area (TPSA) is 135 Å². The summed E-state index contributed by atoms with van der Waals surface area (Å²) < 4.78 is 20.7. The lowest BCUT2D eigenvalue weighted by atomic mass is 10.0. The molecule has 1 fully saturated rings. The van der Waals surface area contributed by atoms with Crippen LogP contribution in [0.2, 0.25) is 0 Å². The Kier molecular flexibility index (Phi) is 6.93. The second-order valence-electron chi connectivity index (χ2n) is 9.70. The van der Waals surface area contributed by atoms with E-state index in [2.05, 4.69) is 35.6 Å². The van der Waals surface area contributed by atoms with Crippen molar-refractivity contribution in [3.63, 3.8) is 0 Å². The average molecular weight is 556 g/mol. The van der Waals surface area contributed by atoms with Crippen molar-refractivity contribution in [1.82, 2.24) is 40.0 Å². The highest BCUT2D eigenvalue weighted by atomic mass is 19.1. The van der Waals surface area contributed by atoms with Gasteiger partial charge in [0.2, 0.25) is 11.8 Å². The molecule has 1 saturated heterocycles. The van der Waals surface area contributed by atoms with E-state index in [4.69, 9.17) is 4.42 Å². The highest BCUT2D eigenvalue weighted by Crippen LogP contribution is 2.30. The zero-order valence-corrected chi connectivity index (χ0v) is 22.4. The number of amides is 2. The molecule has 41 heavy (non-hydrogen) atoms. The van der Waals surface area contributed by atoms with E-state index >= 15 is 0 Å². The number of aromatic nitrogens is 6. The minimum absolute atomic E-state index is 0.181. The number of carbonyl (C=O) groups excluding carboxylic acids is 2. The van der Waals surface area contributed by atoms with Gasteiger partial charge >= 0.3 is 0 Å². The van der Waals surface area contributed by atoms with Crippen molar-refractivity contribution in [3.05, 3.63) is 83.7 Å². The first-order chi connectivity index (χ1) is 19.9. The fourth-order valence-electron chi connectivity index (χ4n) is 4.96. The van der Waals surface area contributed by atoms with Gasteiger partial charge in [-0.1, -0.05) is 18.2 Å². The number of carbonyl (C=O) groups is 2. The van der Waals surface area contributed by atoms with E-state index in [1.54, 1.807) is 66.7 Å². The van der Waals surface area contributed by atoms with Gasteiger partial charge in [-0.3, -0.25) is 19.5 Å². The predicted molar refractivity (Wildman–Crippen MR) is 146 cm³/mol. The Hall–Kier alpha value is -5.04. The number of fused-ring (bicyclic) bond motifs is 1. The molecular weight excluding hydrogens is 529 g/mol. The molecule has 0 unspecified atom stereocenters. The molecule has 0 aliphatic carbocycles. The fraction of sp³-hybridized carbons (Fsp3) is 0.250. The predicted octanol–water partition coefficient (Wildman–Crippen LogP) is 3.06. The Morgan fingerprint density at radius 1 is 1.05 bits per heavy atom. The molecule has 1 atom stereocenters. The summed E-state index contributed by atoms with van der Waals surface area (Å²) in [6, 6.07) is 14.6. The van der Waals surface area contributed by atoms with E-state index in [-0.39, 0.29) is 23.3 Å². The molecule has 13 heteroatoms. The van der Waals surface area contributed by atoms with Gasteiger partial charge in [0.25, 0.3) is 5.91 Å². The summed E-state index contributed by atoms with van der Waals surface area (Å²) in [5, 5.41) is 15.2. The van der Waals surface area contributed by atoms with Crippen LogP contribution in [0.15, 0.2) is 65.2 Å². The molecule has 0 radical (unpaired) electrons. The van der Waals surface area contributed by atoms with Gasteiger partial charge in [0.05, 0.1) is 7.05 Å². The number of hydrogen-bond acceptors (Lipinski definition) is 9. The van der Waals surface area contributed by atoms with E-state index in [1.165, 1.54) is 17.8 Å². The average Bonchev–Trinajstić information content (AvgIpc) is 3.60. The number of halogens is 1. The van der Waals surface area contributed by atoms with Crippen molar-refractivity contribution in [2.75, 3.05) is 31.5 Å². The second kappa shape index (κ2) is 10.8. The molecule has 0 spiro atoms. The Balaban J connectivity index is 1.19. The van der Waals surface area contributed by atoms with Gasteiger partial charge in [0.1, 0.15) is 23.1 Å². The van der Waals surface area contributed by atoms with Gasteiger partial charge in [-0.15, -0.1) is 10.2 Å². The van der Waals surface area contributed by atoms with Crippen LogP contribution < -0.4 is 5.32 Å². The molecule has 12 nitrogen and oxygen atoms in total. The van der Waals surface area contributed by atoms with Gasteiger partial charge in [0.15, 0.2) is 11.4 Å². The number of nitrogens with zero attached hydrogens (tertiary/aromatic N) is 8. The molecule has 208 valence electrons. The monoisotopic (exact) mass is 555 g/mol. The number of aryl methyl sites for hydroxylation is 1. The Morgan fingerprint density at radius 2 is 1.85 bits per heavy atom. The first kappa shape index (κ1) is 26.2. The minimum atomic E-state index is -0.533. The van der Waals surface area contributed by atoms with Crippen molar-refractivity contribution in [2.24, 2.45) is 7.05 Å². The molecule has 0 bridgehead atoms. The van der Waals surface area contributed by atoms with Crippen LogP contribution in [0.25, 0.3) is 22.6 Å². The van der Waals surface area contributed by atoms with Crippen LogP contribution in [0.1, 0.15) is 34.8 Å². The summed E-state index contributed by atoms with van der Waals surface area (Å²) in [5.41, 5.74) is 3.07.